The maximum Gasteiger partial charge on any atom is 0.306 e. The van der Waals surface area contributed by atoms with Crippen LogP contribution in [0.4, 0.5) is 0 Å². The van der Waals surface area contributed by atoms with Crippen LogP contribution >= 0.6 is 0 Å². The molecule has 0 N–H and O–H groups in total. The van der Waals surface area contributed by atoms with Crippen LogP contribution < -0.4 is 0 Å². The van der Waals surface area contributed by atoms with Crippen LogP contribution in [0, 0.1) is 0 Å². The molecule has 0 amide bonds. The Morgan fingerprint density at radius 1 is 0.317 bits per heavy atom. The van der Waals surface area contributed by atoms with Gasteiger partial charge in [0.05, 0.1) is 0 Å². The van der Waals surface area contributed by atoms with E-state index in [0.29, 0.717) is 19.3 Å². The van der Waals surface area contributed by atoms with Crippen molar-refractivity contribution in [3.8, 4) is 0 Å². The first-order valence-electron chi connectivity index (χ1n) is 27.5. The second-order valence-corrected chi connectivity index (χ2v) is 18.5. The van der Waals surface area contributed by atoms with Crippen LogP contribution in [0.5, 0.6) is 0 Å². The quantitative estimate of drug-likeness (QED) is 0.0262. The Morgan fingerprint density at radius 3 is 0.889 bits per heavy atom. The number of carbonyl (C=O) groups excluding carboxylic acids is 3. The van der Waals surface area contributed by atoms with Gasteiger partial charge in [-0.05, 0) is 77.0 Å². The minimum Gasteiger partial charge on any atom is -0.462 e. The average Bonchev–Trinajstić information content (AvgIpc) is 3.28. The van der Waals surface area contributed by atoms with Gasteiger partial charge < -0.3 is 14.2 Å². The van der Waals surface area contributed by atoms with Crippen molar-refractivity contribution in [2.75, 3.05) is 13.2 Å². The van der Waals surface area contributed by atoms with Gasteiger partial charge in [-0.3, -0.25) is 14.4 Å². The van der Waals surface area contributed by atoms with E-state index < -0.39 is 6.10 Å². The second-order valence-electron chi connectivity index (χ2n) is 18.5. The van der Waals surface area contributed by atoms with Crippen LogP contribution in [-0.4, -0.2) is 37.2 Å². The summed E-state index contributed by atoms with van der Waals surface area (Å²) in [5.74, 6) is -0.880. The molecule has 63 heavy (non-hydrogen) atoms. The molecule has 0 aliphatic carbocycles. The number of allylic oxidation sites excluding steroid dienone is 6. The minimum absolute atomic E-state index is 0.0739. The third kappa shape index (κ3) is 50.5. The minimum atomic E-state index is -0.772. The summed E-state index contributed by atoms with van der Waals surface area (Å²) in [6.45, 7) is 6.60. The molecule has 0 rings (SSSR count). The lowest BCUT2D eigenvalue weighted by atomic mass is 10.0. The van der Waals surface area contributed by atoms with Crippen molar-refractivity contribution in [2.24, 2.45) is 0 Å². The lowest BCUT2D eigenvalue weighted by molar-refractivity contribution is -0.167. The third-order valence-electron chi connectivity index (χ3n) is 12.1. The summed E-state index contributed by atoms with van der Waals surface area (Å²) in [7, 11) is 0. The van der Waals surface area contributed by atoms with Gasteiger partial charge in [0.15, 0.2) is 6.10 Å². The summed E-state index contributed by atoms with van der Waals surface area (Å²) >= 11 is 0. The molecule has 0 aliphatic heterocycles. The SMILES string of the molecule is CCCCCCC/C=C\C/C=C\CCCCCCCCCCCCCC(=O)OCC(COC(=O)CCCCCCCCC)OC(=O)CCCCCCC/C=C\CCCCCCCC. The molecule has 0 aromatic rings. The molecule has 0 aromatic carbocycles. The van der Waals surface area contributed by atoms with E-state index in [1.54, 1.807) is 0 Å². The molecule has 0 aliphatic rings. The number of unbranched alkanes of at least 4 members (excludes halogenated alkanes) is 33. The molecule has 0 heterocycles. The number of hydrogen-bond donors (Lipinski definition) is 0. The maximum atomic E-state index is 12.8. The molecular weight excluding hydrogens is 781 g/mol. The number of ether oxygens (including phenoxy) is 3. The Kier molecular flexibility index (Phi) is 50.3. The Hall–Kier alpha value is -2.37. The van der Waals surface area contributed by atoms with Gasteiger partial charge in [0.25, 0.3) is 0 Å². The van der Waals surface area contributed by atoms with Crippen molar-refractivity contribution < 1.29 is 28.6 Å². The molecule has 1 unspecified atom stereocenters. The van der Waals surface area contributed by atoms with Gasteiger partial charge in [-0.1, -0.05) is 231 Å². The van der Waals surface area contributed by atoms with Gasteiger partial charge in [-0.25, -0.2) is 0 Å². The van der Waals surface area contributed by atoms with Crippen molar-refractivity contribution in [2.45, 2.75) is 297 Å². The highest BCUT2D eigenvalue weighted by molar-refractivity contribution is 5.71. The van der Waals surface area contributed by atoms with Gasteiger partial charge >= 0.3 is 17.9 Å². The van der Waals surface area contributed by atoms with E-state index in [0.717, 1.165) is 70.6 Å². The number of rotatable bonds is 50. The number of hydrogen-bond acceptors (Lipinski definition) is 6. The summed E-state index contributed by atoms with van der Waals surface area (Å²) in [6, 6.07) is 0. The van der Waals surface area contributed by atoms with Crippen LogP contribution in [0.1, 0.15) is 290 Å². The molecule has 0 bridgehead atoms. The van der Waals surface area contributed by atoms with Crippen LogP contribution in [0.3, 0.4) is 0 Å². The number of carbonyl (C=O) groups is 3. The highest BCUT2D eigenvalue weighted by Crippen LogP contribution is 2.15. The molecule has 0 spiro atoms. The average molecular weight is 885 g/mol. The lowest BCUT2D eigenvalue weighted by Gasteiger charge is -2.18. The van der Waals surface area contributed by atoms with Gasteiger partial charge in [-0.15, -0.1) is 0 Å². The van der Waals surface area contributed by atoms with E-state index in [4.69, 9.17) is 14.2 Å². The standard InChI is InChI=1S/C57H104O6/c1-4-7-10-13-16-18-20-22-24-25-26-27-28-29-30-31-33-34-36-38-41-44-47-50-56(59)62-53-54(52-61-55(58)49-46-43-40-15-12-9-6-3)63-57(60)51-48-45-42-39-37-35-32-23-21-19-17-14-11-8-5-2/h20,22-23,25-26,32,54H,4-19,21,24,27-31,33-53H2,1-3H3/b22-20-,26-25-,32-23-. The normalized spacial score (nSPS) is 12.2. The zero-order valence-corrected chi connectivity index (χ0v) is 42.1. The van der Waals surface area contributed by atoms with Gasteiger partial charge in [0.2, 0.25) is 0 Å². The first-order valence-corrected chi connectivity index (χ1v) is 27.5. The van der Waals surface area contributed by atoms with Crippen molar-refractivity contribution in [3.05, 3.63) is 36.5 Å². The van der Waals surface area contributed by atoms with Crippen LogP contribution in [-0.2, 0) is 28.6 Å². The predicted octanol–water partition coefficient (Wildman–Crippen LogP) is 18.1. The fourth-order valence-electron chi connectivity index (χ4n) is 7.94. The Bertz CT molecular complexity index is 1060. The van der Waals surface area contributed by atoms with Gasteiger partial charge in [-0.2, -0.15) is 0 Å². The summed E-state index contributed by atoms with van der Waals surface area (Å²) in [6.07, 6.45) is 61.5. The van der Waals surface area contributed by atoms with E-state index in [-0.39, 0.29) is 31.1 Å². The Labute approximate surface area is 391 Å². The molecule has 1 atom stereocenters. The Balaban J connectivity index is 4.17. The van der Waals surface area contributed by atoms with E-state index >= 15 is 0 Å². The topological polar surface area (TPSA) is 78.9 Å². The van der Waals surface area contributed by atoms with E-state index in [9.17, 15) is 14.4 Å². The van der Waals surface area contributed by atoms with Gasteiger partial charge in [0.1, 0.15) is 13.2 Å². The maximum absolute atomic E-state index is 12.8. The van der Waals surface area contributed by atoms with Crippen molar-refractivity contribution in [1.82, 2.24) is 0 Å². The lowest BCUT2D eigenvalue weighted by Crippen LogP contribution is -2.30. The van der Waals surface area contributed by atoms with E-state index in [1.807, 2.05) is 0 Å². The molecule has 0 saturated heterocycles. The van der Waals surface area contributed by atoms with Gasteiger partial charge in [0, 0.05) is 19.3 Å². The number of esters is 3. The third-order valence-corrected chi connectivity index (χ3v) is 12.1. The summed E-state index contributed by atoms with van der Waals surface area (Å²) in [4.78, 5) is 37.8. The molecule has 0 radical (unpaired) electrons. The zero-order chi connectivity index (χ0) is 45.8. The predicted molar refractivity (Wildman–Crippen MR) is 270 cm³/mol. The molecule has 368 valence electrons. The fourth-order valence-corrected chi connectivity index (χ4v) is 7.94. The fraction of sp³-hybridized carbons (Fsp3) is 0.842. The smallest absolute Gasteiger partial charge is 0.306 e. The van der Waals surface area contributed by atoms with E-state index in [2.05, 4.69) is 57.2 Å². The molecule has 0 aromatic heterocycles. The monoisotopic (exact) mass is 885 g/mol. The van der Waals surface area contributed by atoms with Crippen LogP contribution in [0.25, 0.3) is 0 Å². The van der Waals surface area contributed by atoms with Crippen molar-refractivity contribution in [3.63, 3.8) is 0 Å². The summed E-state index contributed by atoms with van der Waals surface area (Å²) in [5.41, 5.74) is 0. The summed E-state index contributed by atoms with van der Waals surface area (Å²) in [5, 5.41) is 0. The molecule has 0 saturated carbocycles. The highest BCUT2D eigenvalue weighted by atomic mass is 16.6. The molecule has 6 heteroatoms. The highest BCUT2D eigenvalue weighted by Gasteiger charge is 2.19. The summed E-state index contributed by atoms with van der Waals surface area (Å²) < 4.78 is 16.8. The Morgan fingerprint density at radius 2 is 0.571 bits per heavy atom. The van der Waals surface area contributed by atoms with Crippen LogP contribution in [0.15, 0.2) is 36.5 Å². The first kappa shape index (κ1) is 60.6. The molecular formula is C57H104O6. The van der Waals surface area contributed by atoms with Crippen molar-refractivity contribution >= 4 is 17.9 Å². The van der Waals surface area contributed by atoms with E-state index in [1.165, 1.54) is 180 Å². The van der Waals surface area contributed by atoms with Crippen molar-refractivity contribution in [1.29, 1.82) is 0 Å². The molecule has 0 fully saturated rings. The zero-order valence-electron chi connectivity index (χ0n) is 42.1. The second kappa shape index (κ2) is 52.3. The first-order chi connectivity index (χ1) is 31.0. The molecule has 6 nitrogen and oxygen atoms in total. The largest absolute Gasteiger partial charge is 0.462 e. The van der Waals surface area contributed by atoms with Crippen LogP contribution in [0.2, 0.25) is 0 Å².